The molecule has 1 atom stereocenters. The van der Waals surface area contributed by atoms with Crippen molar-refractivity contribution in [3.05, 3.63) is 33.8 Å². The molecule has 0 spiro atoms. The zero-order valence-electron chi connectivity index (χ0n) is 12.6. The van der Waals surface area contributed by atoms with Crippen LogP contribution in [0, 0.1) is 0 Å². The van der Waals surface area contributed by atoms with E-state index in [1.807, 2.05) is 26.8 Å². The Kier molecular flexibility index (Phi) is 4.66. The lowest BCUT2D eigenvalue weighted by Crippen LogP contribution is -2.26. The lowest BCUT2D eigenvalue weighted by molar-refractivity contribution is -0.129. The first-order valence-electron chi connectivity index (χ1n) is 6.71. The van der Waals surface area contributed by atoms with Crippen LogP contribution in [0.4, 0.5) is 0 Å². The first-order chi connectivity index (χ1) is 9.68. The maximum atomic E-state index is 12.0. The quantitative estimate of drug-likeness (QED) is 0.619. The van der Waals surface area contributed by atoms with Crippen molar-refractivity contribution >= 4 is 35.1 Å². The SMILES string of the molecule is CC(=O)N1Cc2cc(Cl)cc(C=N[S@@+]([O-])C(C)(C)C)c2C1. The molecule has 0 saturated carbocycles. The van der Waals surface area contributed by atoms with Gasteiger partial charge in [-0.15, -0.1) is 0 Å². The molecule has 0 bridgehead atoms. The van der Waals surface area contributed by atoms with E-state index in [1.54, 1.807) is 24.1 Å². The number of carbonyl (C=O) groups excluding carboxylic acids is 1. The number of carbonyl (C=O) groups is 1. The van der Waals surface area contributed by atoms with Crippen LogP contribution in [-0.2, 0) is 29.2 Å². The van der Waals surface area contributed by atoms with Crippen LogP contribution in [0.15, 0.2) is 16.5 Å². The van der Waals surface area contributed by atoms with Crippen LogP contribution in [0.3, 0.4) is 0 Å². The Hall–Kier alpha value is -1.04. The van der Waals surface area contributed by atoms with E-state index in [1.165, 1.54) is 0 Å². The van der Waals surface area contributed by atoms with E-state index in [0.29, 0.717) is 18.1 Å². The van der Waals surface area contributed by atoms with E-state index in [0.717, 1.165) is 16.7 Å². The van der Waals surface area contributed by atoms with Gasteiger partial charge in [-0.2, -0.15) is 0 Å². The van der Waals surface area contributed by atoms with E-state index in [9.17, 15) is 9.35 Å². The van der Waals surface area contributed by atoms with Gasteiger partial charge in [-0.1, -0.05) is 16.0 Å². The average molecular weight is 327 g/mol. The van der Waals surface area contributed by atoms with Crippen molar-refractivity contribution in [1.29, 1.82) is 0 Å². The zero-order chi connectivity index (χ0) is 15.8. The van der Waals surface area contributed by atoms with Crippen molar-refractivity contribution in [3.63, 3.8) is 0 Å². The third-order valence-electron chi connectivity index (χ3n) is 3.31. The molecule has 1 aliphatic rings. The van der Waals surface area contributed by atoms with Crippen LogP contribution in [0.1, 0.15) is 44.4 Å². The van der Waals surface area contributed by atoms with E-state index >= 15 is 0 Å². The smallest absolute Gasteiger partial charge is 0.220 e. The third kappa shape index (κ3) is 3.78. The van der Waals surface area contributed by atoms with Gasteiger partial charge in [0.05, 0.1) is 6.21 Å². The van der Waals surface area contributed by atoms with Crippen molar-refractivity contribution in [2.75, 3.05) is 0 Å². The monoisotopic (exact) mass is 326 g/mol. The largest absolute Gasteiger partial charge is 0.591 e. The van der Waals surface area contributed by atoms with Gasteiger partial charge in [-0.3, -0.25) is 4.79 Å². The summed E-state index contributed by atoms with van der Waals surface area (Å²) in [6.45, 7) is 8.29. The molecular formula is C15H19ClN2O2S. The molecule has 0 unspecified atom stereocenters. The van der Waals surface area contributed by atoms with Gasteiger partial charge in [0.2, 0.25) is 5.91 Å². The van der Waals surface area contributed by atoms with Crippen molar-refractivity contribution in [2.24, 2.45) is 4.40 Å². The Morgan fingerprint density at radius 3 is 2.67 bits per heavy atom. The summed E-state index contributed by atoms with van der Waals surface area (Å²) in [4.78, 5) is 13.3. The minimum atomic E-state index is -1.31. The van der Waals surface area contributed by atoms with Crippen molar-refractivity contribution in [1.82, 2.24) is 4.90 Å². The number of hydrogen-bond donors (Lipinski definition) is 0. The summed E-state index contributed by atoms with van der Waals surface area (Å²) in [5.41, 5.74) is 2.89. The molecule has 1 aromatic rings. The van der Waals surface area contributed by atoms with Crippen LogP contribution >= 0.6 is 11.6 Å². The van der Waals surface area contributed by atoms with Crippen molar-refractivity contribution in [3.8, 4) is 0 Å². The first-order valence-corrected chi connectivity index (χ1v) is 8.20. The molecule has 1 heterocycles. The Balaban J connectivity index is 2.31. The third-order valence-corrected chi connectivity index (χ3v) is 4.87. The molecule has 21 heavy (non-hydrogen) atoms. The van der Waals surface area contributed by atoms with E-state index < -0.39 is 16.1 Å². The minimum Gasteiger partial charge on any atom is -0.591 e. The zero-order valence-corrected chi connectivity index (χ0v) is 14.2. The van der Waals surface area contributed by atoms with Crippen LogP contribution in [-0.4, -0.2) is 26.3 Å². The molecule has 4 nitrogen and oxygen atoms in total. The van der Waals surface area contributed by atoms with E-state index in [-0.39, 0.29) is 5.91 Å². The van der Waals surface area contributed by atoms with Crippen LogP contribution in [0.2, 0.25) is 5.02 Å². The molecule has 2 rings (SSSR count). The Morgan fingerprint density at radius 1 is 1.43 bits per heavy atom. The number of hydrogen-bond acceptors (Lipinski definition) is 3. The fraction of sp³-hybridized carbons (Fsp3) is 0.467. The van der Waals surface area contributed by atoms with Crippen LogP contribution in [0.5, 0.6) is 0 Å². The van der Waals surface area contributed by atoms with Crippen LogP contribution in [0.25, 0.3) is 0 Å². The second-order valence-electron chi connectivity index (χ2n) is 6.10. The lowest BCUT2D eigenvalue weighted by Gasteiger charge is -2.17. The van der Waals surface area contributed by atoms with Gasteiger partial charge in [-0.25, -0.2) is 0 Å². The molecular weight excluding hydrogens is 308 g/mol. The van der Waals surface area contributed by atoms with Gasteiger partial charge in [0, 0.05) is 30.6 Å². The van der Waals surface area contributed by atoms with E-state index in [4.69, 9.17) is 11.6 Å². The number of amides is 1. The summed E-state index contributed by atoms with van der Waals surface area (Å²) in [5.74, 6) is 0.0310. The summed E-state index contributed by atoms with van der Waals surface area (Å²) in [5, 5.41) is 0.599. The highest BCUT2D eigenvalue weighted by Gasteiger charge is 2.27. The van der Waals surface area contributed by atoms with E-state index in [2.05, 4.69) is 4.40 Å². The molecule has 0 aromatic heterocycles. The highest BCUT2D eigenvalue weighted by atomic mass is 35.5. The Labute approximate surface area is 133 Å². The average Bonchev–Trinajstić information content (AvgIpc) is 2.78. The fourth-order valence-corrected chi connectivity index (χ4v) is 2.88. The fourth-order valence-electron chi connectivity index (χ4n) is 2.10. The molecule has 0 radical (unpaired) electrons. The van der Waals surface area contributed by atoms with Gasteiger partial charge in [-0.05, 0) is 44.0 Å². The van der Waals surface area contributed by atoms with Crippen molar-refractivity contribution in [2.45, 2.75) is 45.5 Å². The van der Waals surface area contributed by atoms with Gasteiger partial charge in [0.25, 0.3) is 0 Å². The maximum Gasteiger partial charge on any atom is 0.220 e. The molecule has 1 aliphatic heterocycles. The summed E-state index contributed by atoms with van der Waals surface area (Å²) >= 11 is 4.81. The van der Waals surface area contributed by atoms with Crippen LogP contribution < -0.4 is 0 Å². The first kappa shape index (κ1) is 16.3. The number of benzene rings is 1. The summed E-state index contributed by atoms with van der Waals surface area (Å²) in [6, 6.07) is 3.67. The molecule has 1 aromatic carbocycles. The molecule has 114 valence electrons. The Bertz CT molecular complexity index is 596. The predicted octanol–water partition coefficient (Wildman–Crippen LogP) is 3.08. The molecule has 0 aliphatic carbocycles. The highest BCUT2D eigenvalue weighted by molar-refractivity contribution is 7.91. The summed E-state index contributed by atoms with van der Waals surface area (Å²) in [7, 11) is 0. The second kappa shape index (κ2) is 5.99. The van der Waals surface area contributed by atoms with Gasteiger partial charge in [0.1, 0.15) is 16.1 Å². The van der Waals surface area contributed by atoms with Gasteiger partial charge < -0.3 is 9.45 Å². The molecule has 1 amide bonds. The molecule has 0 fully saturated rings. The normalized spacial score (nSPS) is 16.4. The molecule has 0 N–H and O–H groups in total. The number of nitrogens with zero attached hydrogens (tertiary/aromatic N) is 2. The molecule has 6 heteroatoms. The minimum absolute atomic E-state index is 0.0310. The maximum absolute atomic E-state index is 12.0. The standard InChI is InChI=1S/C15H19ClN2O2S/c1-10(19)18-8-12-6-13(16)5-11(14(12)9-18)7-17-21(20)15(2,3)4/h5-7H,8-9H2,1-4H3/t21-/m0/s1. The topological polar surface area (TPSA) is 55.7 Å². The number of rotatable bonds is 2. The second-order valence-corrected chi connectivity index (χ2v) is 8.47. The summed E-state index contributed by atoms with van der Waals surface area (Å²) < 4.78 is 15.8. The Morgan fingerprint density at radius 2 is 2.10 bits per heavy atom. The number of fused-ring (bicyclic) bond motifs is 1. The van der Waals surface area contributed by atoms with Gasteiger partial charge in [0.15, 0.2) is 0 Å². The summed E-state index contributed by atoms with van der Waals surface area (Å²) in [6.07, 6.45) is 1.61. The molecule has 0 saturated heterocycles. The lowest BCUT2D eigenvalue weighted by atomic mass is 10.0. The highest BCUT2D eigenvalue weighted by Crippen LogP contribution is 2.29. The number of halogens is 1. The van der Waals surface area contributed by atoms with Crippen molar-refractivity contribution < 1.29 is 9.35 Å². The van der Waals surface area contributed by atoms with Gasteiger partial charge >= 0.3 is 0 Å². The predicted molar refractivity (Wildman–Crippen MR) is 86.9 cm³/mol.